The number of benzene rings is 2. The smallest absolute Gasteiger partial charge is 0.349 e. The summed E-state index contributed by atoms with van der Waals surface area (Å²) in [6, 6.07) is 11.2. The topological polar surface area (TPSA) is 163 Å². The van der Waals surface area contributed by atoms with Crippen LogP contribution in [0.2, 0.25) is 5.02 Å². The van der Waals surface area contributed by atoms with Gasteiger partial charge in [-0.1, -0.05) is 29.8 Å². The molecular formula is C34H38ClFN4O8S2. The number of fused-ring (bicyclic) bond motifs is 1. The highest BCUT2D eigenvalue weighted by atomic mass is 35.5. The summed E-state index contributed by atoms with van der Waals surface area (Å²) in [6.07, 6.45) is 0.985. The van der Waals surface area contributed by atoms with Gasteiger partial charge in [-0.25, -0.2) is 22.4 Å². The van der Waals surface area contributed by atoms with Crippen molar-refractivity contribution in [2.45, 2.75) is 44.0 Å². The maximum Gasteiger partial charge on any atom is 0.349 e. The van der Waals surface area contributed by atoms with Gasteiger partial charge in [0.25, 0.3) is 0 Å². The number of aromatic carboxylic acids is 1. The molecule has 4 atom stereocenters. The summed E-state index contributed by atoms with van der Waals surface area (Å²) in [7, 11) is -2.63. The van der Waals surface area contributed by atoms with Crippen LogP contribution in [-0.4, -0.2) is 80.6 Å². The van der Waals surface area contributed by atoms with E-state index in [9.17, 15) is 32.3 Å². The molecule has 6 rings (SSSR count). The average Bonchev–Trinajstić information content (AvgIpc) is 3.34. The van der Waals surface area contributed by atoms with Gasteiger partial charge in [0, 0.05) is 29.7 Å². The number of thiophene rings is 1. The molecule has 3 aliphatic rings. The second-order valence-corrected chi connectivity index (χ2v) is 16.7. The van der Waals surface area contributed by atoms with Crippen LogP contribution in [0.15, 0.2) is 42.5 Å². The molecule has 3 heterocycles. The predicted molar refractivity (Wildman–Crippen MR) is 188 cm³/mol. The molecule has 4 N–H and O–H groups in total. The first-order valence-electron chi connectivity index (χ1n) is 16.1. The van der Waals surface area contributed by atoms with E-state index in [1.165, 1.54) is 29.6 Å². The summed E-state index contributed by atoms with van der Waals surface area (Å²) in [6.45, 7) is 5.02. The Kier molecular flexibility index (Phi) is 10.2. The Labute approximate surface area is 298 Å². The van der Waals surface area contributed by atoms with Crippen LogP contribution in [0.4, 0.5) is 15.8 Å². The van der Waals surface area contributed by atoms with Crippen molar-refractivity contribution >= 4 is 62.2 Å². The van der Waals surface area contributed by atoms with E-state index < -0.39 is 39.9 Å². The number of anilines is 2. The molecule has 0 radical (unpaired) electrons. The van der Waals surface area contributed by atoms with Gasteiger partial charge in [-0.3, -0.25) is 4.79 Å². The molecule has 2 aliphatic heterocycles. The van der Waals surface area contributed by atoms with Crippen LogP contribution in [0.3, 0.4) is 0 Å². The third-order valence-electron chi connectivity index (χ3n) is 9.53. The van der Waals surface area contributed by atoms with Crippen LogP contribution in [0.1, 0.15) is 41.9 Å². The number of hydrogen-bond acceptors (Lipinski definition) is 10. The monoisotopic (exact) mass is 748 g/mol. The molecule has 1 aromatic heterocycles. The van der Waals surface area contributed by atoms with Crippen molar-refractivity contribution in [3.63, 3.8) is 0 Å². The van der Waals surface area contributed by atoms with Crippen LogP contribution in [-0.2, 0) is 30.1 Å². The van der Waals surface area contributed by atoms with Gasteiger partial charge >= 0.3 is 11.9 Å². The summed E-state index contributed by atoms with van der Waals surface area (Å²) < 4.78 is 53.6. The maximum absolute atomic E-state index is 14.7. The van der Waals surface area contributed by atoms with Crippen LogP contribution in [0.5, 0.6) is 5.75 Å². The Morgan fingerprint density at radius 3 is 2.58 bits per heavy atom. The van der Waals surface area contributed by atoms with Crippen LogP contribution in [0.25, 0.3) is 10.4 Å². The van der Waals surface area contributed by atoms with Crippen molar-refractivity contribution in [2.24, 2.45) is 17.8 Å². The Morgan fingerprint density at radius 2 is 1.90 bits per heavy atom. The number of carbonyl (C=O) groups excluding carboxylic acids is 2. The van der Waals surface area contributed by atoms with Crippen molar-refractivity contribution in [3.05, 3.63) is 63.7 Å². The van der Waals surface area contributed by atoms with Crippen LogP contribution >= 0.6 is 22.9 Å². The second kappa shape index (κ2) is 14.1. The van der Waals surface area contributed by atoms with Crippen molar-refractivity contribution in [1.82, 2.24) is 9.62 Å². The standard InChI is InChI=1S/C34H38ClFN4O8S2/c1-34(2)13-21(38-20-6-4-5-19(12-20)30-28(35)29(31(49-30)33(43)44)48-16-26(41)47-3)9-10-40(34)50(45,46)17-18-7-8-24(36)25(11-18)39-32(42)27-22-14-37-15-23(22)27/h4-8,11-12,21-23,27,37-38H,9-10,13-17H2,1-3H3,(H,39,42)(H,43,44)/t21-,22-,23?,27+/m1/s1. The van der Waals surface area contributed by atoms with Gasteiger partial charge in [0.15, 0.2) is 17.2 Å². The molecule has 50 heavy (non-hydrogen) atoms. The molecule has 3 fully saturated rings. The number of carboxylic acids is 1. The molecule has 0 bridgehead atoms. The first kappa shape index (κ1) is 36.0. The average molecular weight is 749 g/mol. The van der Waals surface area contributed by atoms with Crippen LogP contribution < -0.4 is 20.7 Å². The second-order valence-electron chi connectivity index (χ2n) is 13.4. The molecule has 3 aromatic rings. The van der Waals surface area contributed by atoms with Gasteiger partial charge in [0.1, 0.15) is 10.8 Å². The van der Waals surface area contributed by atoms with Gasteiger partial charge in [-0.15, -0.1) is 11.3 Å². The van der Waals surface area contributed by atoms with Crippen molar-refractivity contribution in [2.75, 3.05) is 44.0 Å². The normalized spacial score (nSPS) is 22.7. The highest BCUT2D eigenvalue weighted by molar-refractivity contribution is 7.88. The number of sulfonamides is 1. The number of ether oxygens (including phenoxy) is 2. The number of piperidine rings is 2. The van der Waals surface area contributed by atoms with E-state index in [0.29, 0.717) is 28.8 Å². The quantitative estimate of drug-likeness (QED) is 0.185. The SMILES string of the molecule is COC(=O)COc1c(C(=O)O)sc(-c2cccc(N[C@@H]3CCN(S(=O)(=O)Cc4ccc(F)c(NC(=O)[C@@H]5C6CNC[C@H]65)c4)C(C)(C)C3)c2)c1Cl. The van der Waals surface area contributed by atoms with E-state index in [1.807, 2.05) is 26.0 Å². The number of nitrogens with one attached hydrogen (secondary N) is 3. The Morgan fingerprint density at radius 1 is 1.16 bits per heavy atom. The fraction of sp³-hybridized carbons (Fsp3) is 0.441. The lowest BCUT2D eigenvalue weighted by atomic mass is 9.89. The lowest BCUT2D eigenvalue weighted by Crippen LogP contribution is -2.55. The van der Waals surface area contributed by atoms with E-state index >= 15 is 0 Å². The molecule has 1 unspecified atom stereocenters. The zero-order chi connectivity index (χ0) is 36.0. The molecule has 1 amide bonds. The number of methoxy groups -OCH3 is 1. The Bertz CT molecular complexity index is 1930. The third-order valence-corrected chi connectivity index (χ3v) is 13.3. The number of amides is 1. The largest absolute Gasteiger partial charge is 0.479 e. The fourth-order valence-corrected chi connectivity index (χ4v) is 10.5. The highest BCUT2D eigenvalue weighted by Crippen LogP contribution is 2.49. The number of halogens is 2. The summed E-state index contributed by atoms with van der Waals surface area (Å²) in [5.41, 5.74) is 0.958. The number of esters is 1. The maximum atomic E-state index is 14.7. The van der Waals surface area contributed by atoms with E-state index in [1.54, 1.807) is 12.1 Å². The molecular weight excluding hydrogens is 711 g/mol. The van der Waals surface area contributed by atoms with E-state index in [4.69, 9.17) is 16.3 Å². The van der Waals surface area contributed by atoms with Gasteiger partial charge in [0.05, 0.1) is 23.4 Å². The van der Waals surface area contributed by atoms with Crippen LogP contribution in [0, 0.1) is 23.6 Å². The molecule has 268 valence electrons. The molecule has 0 spiro atoms. The minimum atomic E-state index is -3.82. The number of carboxylic acid groups (broad SMARTS) is 1. The van der Waals surface area contributed by atoms with Crippen molar-refractivity contribution in [3.8, 4) is 16.2 Å². The first-order chi connectivity index (χ1) is 23.7. The highest BCUT2D eigenvalue weighted by Gasteiger charge is 2.57. The summed E-state index contributed by atoms with van der Waals surface area (Å²) in [5, 5.41) is 19.2. The molecule has 2 aromatic carbocycles. The van der Waals surface area contributed by atoms with Crippen molar-refractivity contribution in [1.29, 1.82) is 0 Å². The zero-order valence-corrected chi connectivity index (χ0v) is 30.0. The fourth-order valence-electron chi connectivity index (χ4n) is 7.12. The molecule has 16 heteroatoms. The first-order valence-corrected chi connectivity index (χ1v) is 18.9. The minimum absolute atomic E-state index is 0.0157. The number of hydrogen-bond donors (Lipinski definition) is 4. The molecule has 1 saturated carbocycles. The Balaban J connectivity index is 1.11. The van der Waals surface area contributed by atoms with E-state index in [0.717, 1.165) is 30.1 Å². The zero-order valence-electron chi connectivity index (χ0n) is 27.6. The van der Waals surface area contributed by atoms with Gasteiger partial charge < -0.3 is 30.5 Å². The Hall–Kier alpha value is -3.76. The van der Waals surface area contributed by atoms with Gasteiger partial charge in [0.2, 0.25) is 15.9 Å². The lowest BCUT2D eigenvalue weighted by Gasteiger charge is -2.45. The number of nitrogens with zero attached hydrogens (tertiary/aromatic N) is 1. The lowest BCUT2D eigenvalue weighted by molar-refractivity contribution is -0.142. The predicted octanol–water partition coefficient (Wildman–Crippen LogP) is 5.05. The van der Waals surface area contributed by atoms with Gasteiger partial charge in [-0.05, 0) is 87.0 Å². The molecule has 1 aliphatic carbocycles. The van der Waals surface area contributed by atoms with E-state index in [2.05, 4.69) is 20.7 Å². The molecule has 12 nitrogen and oxygen atoms in total. The summed E-state index contributed by atoms with van der Waals surface area (Å²) >= 11 is 7.48. The molecule has 2 saturated heterocycles. The van der Waals surface area contributed by atoms with Gasteiger partial charge in [-0.2, -0.15) is 4.31 Å². The number of rotatable bonds is 12. The minimum Gasteiger partial charge on any atom is -0.479 e. The van der Waals surface area contributed by atoms with Crippen molar-refractivity contribution < 1.29 is 41.8 Å². The van der Waals surface area contributed by atoms with E-state index in [-0.39, 0.29) is 63.3 Å². The number of carbonyl (C=O) groups is 3. The third kappa shape index (κ3) is 7.47. The summed E-state index contributed by atoms with van der Waals surface area (Å²) in [5.74, 6) is -2.85. The summed E-state index contributed by atoms with van der Waals surface area (Å²) in [4.78, 5) is 36.5.